The van der Waals surface area contributed by atoms with E-state index in [2.05, 4.69) is 22.4 Å². The van der Waals surface area contributed by atoms with E-state index < -0.39 is 0 Å². The Balaban J connectivity index is 1.67. The molecular weight excluding hydrogens is 302 g/mol. The predicted octanol–water partition coefficient (Wildman–Crippen LogP) is 2.66. The third-order valence-electron chi connectivity index (χ3n) is 4.43. The van der Waals surface area contributed by atoms with Crippen molar-refractivity contribution in [2.24, 2.45) is 0 Å². The molecule has 1 aromatic carbocycles. The van der Waals surface area contributed by atoms with Gasteiger partial charge in [0, 0.05) is 32.1 Å². The highest BCUT2D eigenvalue weighted by molar-refractivity contribution is 5.75. The fourth-order valence-electron chi connectivity index (χ4n) is 3.17. The van der Waals surface area contributed by atoms with Crippen LogP contribution in [0.5, 0.6) is 0 Å². The molecule has 5 heteroatoms. The van der Waals surface area contributed by atoms with E-state index in [1.165, 1.54) is 11.1 Å². The van der Waals surface area contributed by atoms with Gasteiger partial charge in [-0.1, -0.05) is 24.3 Å². The number of aromatic nitrogens is 1. The molecule has 1 aromatic heterocycles. The van der Waals surface area contributed by atoms with E-state index in [1.807, 2.05) is 24.3 Å². The first-order chi connectivity index (χ1) is 11.8. The molecule has 0 fully saturated rings. The maximum atomic E-state index is 12.7. The van der Waals surface area contributed by atoms with Crippen molar-refractivity contribution in [1.29, 1.82) is 0 Å². The molecule has 0 bridgehead atoms. The minimum absolute atomic E-state index is 0.0720. The van der Waals surface area contributed by atoms with Crippen LogP contribution in [-0.2, 0) is 13.0 Å². The zero-order valence-electron chi connectivity index (χ0n) is 13.7. The molecular formula is C19H23N3O2. The van der Waals surface area contributed by atoms with Gasteiger partial charge in [-0.15, -0.1) is 0 Å². The summed E-state index contributed by atoms with van der Waals surface area (Å²) in [4.78, 5) is 18.5. The van der Waals surface area contributed by atoms with Gasteiger partial charge >= 0.3 is 6.03 Å². The first kappa shape index (κ1) is 16.5. The van der Waals surface area contributed by atoms with Crippen molar-refractivity contribution in [1.82, 2.24) is 15.2 Å². The first-order valence-electron chi connectivity index (χ1n) is 8.41. The van der Waals surface area contributed by atoms with Gasteiger partial charge in [0.1, 0.15) is 0 Å². The third kappa shape index (κ3) is 3.92. The zero-order valence-corrected chi connectivity index (χ0v) is 13.7. The van der Waals surface area contributed by atoms with E-state index in [1.54, 1.807) is 17.3 Å². The monoisotopic (exact) mass is 325 g/mol. The predicted molar refractivity (Wildman–Crippen MR) is 92.4 cm³/mol. The molecule has 0 saturated heterocycles. The van der Waals surface area contributed by atoms with E-state index in [0.29, 0.717) is 19.5 Å². The number of pyridine rings is 1. The van der Waals surface area contributed by atoms with E-state index >= 15 is 0 Å². The number of aryl methyl sites for hydroxylation is 1. The molecule has 3 rings (SSSR count). The van der Waals surface area contributed by atoms with Crippen LogP contribution in [0.25, 0.3) is 0 Å². The third-order valence-corrected chi connectivity index (χ3v) is 4.43. The lowest BCUT2D eigenvalue weighted by atomic mass is 10.1. The molecule has 2 aromatic rings. The Kier molecular flexibility index (Phi) is 5.43. The molecule has 1 heterocycles. The number of rotatable bonds is 6. The lowest BCUT2D eigenvalue weighted by molar-refractivity contribution is 0.183. The van der Waals surface area contributed by atoms with Crippen LogP contribution in [0.15, 0.2) is 48.8 Å². The molecule has 0 radical (unpaired) electrons. The summed E-state index contributed by atoms with van der Waals surface area (Å²) in [5.74, 6) is 0. The number of aliphatic hydroxyl groups is 1. The smallest absolute Gasteiger partial charge is 0.318 e. The summed E-state index contributed by atoms with van der Waals surface area (Å²) < 4.78 is 0. The van der Waals surface area contributed by atoms with Crippen LogP contribution in [0.3, 0.4) is 0 Å². The molecule has 0 aliphatic heterocycles. The van der Waals surface area contributed by atoms with E-state index in [4.69, 9.17) is 5.11 Å². The van der Waals surface area contributed by atoms with Crippen LogP contribution in [-0.4, -0.2) is 34.2 Å². The van der Waals surface area contributed by atoms with Crippen molar-refractivity contribution in [3.8, 4) is 0 Å². The molecule has 0 spiro atoms. The van der Waals surface area contributed by atoms with Crippen LogP contribution >= 0.6 is 0 Å². The minimum atomic E-state index is -0.0815. The van der Waals surface area contributed by atoms with Crippen LogP contribution in [0.1, 0.15) is 35.6 Å². The minimum Gasteiger partial charge on any atom is -0.396 e. The second-order valence-corrected chi connectivity index (χ2v) is 6.09. The fraction of sp³-hybridized carbons (Fsp3) is 0.368. The normalized spacial score (nSPS) is 15.8. The van der Waals surface area contributed by atoms with Crippen molar-refractivity contribution in [2.45, 2.75) is 31.8 Å². The van der Waals surface area contributed by atoms with Crippen LogP contribution in [0.4, 0.5) is 4.79 Å². The van der Waals surface area contributed by atoms with Gasteiger partial charge in [-0.05, 0) is 48.1 Å². The van der Waals surface area contributed by atoms with Gasteiger partial charge in [-0.2, -0.15) is 0 Å². The first-order valence-corrected chi connectivity index (χ1v) is 8.41. The molecule has 1 unspecified atom stereocenters. The number of hydrogen-bond donors (Lipinski definition) is 2. The van der Waals surface area contributed by atoms with Gasteiger partial charge in [0.15, 0.2) is 0 Å². The molecule has 24 heavy (non-hydrogen) atoms. The molecule has 1 aliphatic rings. The molecule has 2 amide bonds. The molecule has 0 saturated carbocycles. The average molecular weight is 325 g/mol. The van der Waals surface area contributed by atoms with Crippen molar-refractivity contribution in [3.63, 3.8) is 0 Å². The lowest BCUT2D eigenvalue weighted by Gasteiger charge is -2.25. The highest BCUT2D eigenvalue weighted by Crippen LogP contribution is 2.30. The summed E-state index contributed by atoms with van der Waals surface area (Å²) in [5.41, 5.74) is 3.57. The number of hydrogen-bond acceptors (Lipinski definition) is 3. The number of nitrogens with zero attached hydrogens (tertiary/aromatic N) is 2. The van der Waals surface area contributed by atoms with Crippen LogP contribution < -0.4 is 5.32 Å². The highest BCUT2D eigenvalue weighted by Gasteiger charge is 2.25. The Hall–Kier alpha value is -2.40. The molecule has 1 atom stereocenters. The summed E-state index contributed by atoms with van der Waals surface area (Å²) in [6, 6.07) is 12.1. The number of carbonyl (C=O) groups is 1. The molecule has 5 nitrogen and oxygen atoms in total. The maximum absolute atomic E-state index is 12.7. The Bertz CT molecular complexity index is 675. The largest absolute Gasteiger partial charge is 0.396 e. The second kappa shape index (κ2) is 7.93. The topological polar surface area (TPSA) is 65.5 Å². The number of fused-ring (bicyclic) bond motifs is 1. The number of urea groups is 1. The van der Waals surface area contributed by atoms with Crippen LogP contribution in [0.2, 0.25) is 0 Å². The fourth-order valence-corrected chi connectivity index (χ4v) is 3.17. The van der Waals surface area contributed by atoms with Gasteiger partial charge in [0.2, 0.25) is 0 Å². The summed E-state index contributed by atoms with van der Waals surface area (Å²) in [6.07, 6.45) is 5.96. The van der Waals surface area contributed by atoms with E-state index in [-0.39, 0.29) is 18.7 Å². The Morgan fingerprint density at radius 3 is 2.83 bits per heavy atom. The lowest BCUT2D eigenvalue weighted by Crippen LogP contribution is -2.41. The average Bonchev–Trinajstić information content (AvgIpc) is 3.02. The quantitative estimate of drug-likeness (QED) is 0.858. The van der Waals surface area contributed by atoms with Gasteiger partial charge in [0.25, 0.3) is 0 Å². The van der Waals surface area contributed by atoms with E-state index in [9.17, 15) is 4.79 Å². The zero-order chi connectivity index (χ0) is 16.8. The van der Waals surface area contributed by atoms with Crippen LogP contribution in [0, 0.1) is 0 Å². The summed E-state index contributed by atoms with van der Waals surface area (Å²) in [7, 11) is 0. The molecule has 2 N–H and O–H groups in total. The Morgan fingerprint density at radius 2 is 2.04 bits per heavy atom. The number of carbonyl (C=O) groups excluding carboxylic acids is 1. The standard InChI is InChI=1S/C19H23N3O2/c23-13-3-12-22(14-15-8-10-20-11-9-15)19(24)21-18-7-6-16-4-1-2-5-17(16)18/h1-2,4-5,8-11,18,23H,3,6-7,12-14H2,(H,21,24). The van der Waals surface area contributed by atoms with Gasteiger partial charge in [-0.25, -0.2) is 4.79 Å². The number of aliphatic hydroxyl groups excluding tert-OH is 1. The van der Waals surface area contributed by atoms with Crippen molar-refractivity contribution < 1.29 is 9.90 Å². The SMILES string of the molecule is O=C(NC1CCc2ccccc21)N(CCCO)Cc1ccncc1. The number of nitrogens with one attached hydrogen (secondary N) is 1. The van der Waals surface area contributed by atoms with Gasteiger partial charge in [-0.3, -0.25) is 4.98 Å². The van der Waals surface area contributed by atoms with E-state index in [0.717, 1.165) is 18.4 Å². The summed E-state index contributed by atoms with van der Waals surface area (Å²) >= 11 is 0. The number of benzene rings is 1. The van der Waals surface area contributed by atoms with Gasteiger partial charge < -0.3 is 15.3 Å². The number of amides is 2. The second-order valence-electron chi connectivity index (χ2n) is 6.09. The Labute approximate surface area is 142 Å². The maximum Gasteiger partial charge on any atom is 0.318 e. The summed E-state index contributed by atoms with van der Waals surface area (Å²) in [6.45, 7) is 1.12. The van der Waals surface area contributed by atoms with Crippen molar-refractivity contribution in [2.75, 3.05) is 13.2 Å². The molecule has 126 valence electrons. The molecule has 1 aliphatic carbocycles. The summed E-state index contributed by atoms with van der Waals surface area (Å²) in [5, 5.41) is 12.3. The van der Waals surface area contributed by atoms with Gasteiger partial charge in [0.05, 0.1) is 6.04 Å². The van der Waals surface area contributed by atoms with Crippen molar-refractivity contribution in [3.05, 3.63) is 65.5 Å². The van der Waals surface area contributed by atoms with Crippen molar-refractivity contribution >= 4 is 6.03 Å². The Morgan fingerprint density at radius 1 is 1.25 bits per heavy atom. The highest BCUT2D eigenvalue weighted by atomic mass is 16.3.